The Morgan fingerprint density at radius 1 is 0.929 bits per heavy atom. The second kappa shape index (κ2) is 8.52. The highest BCUT2D eigenvalue weighted by Crippen LogP contribution is 2.24. The number of hydrogen-bond donors (Lipinski definition) is 1. The SMILES string of the molecule is CCNC(=S)C(C(=O)c1ccc(C(C)(C)C)cc1)[n+]1ccc(C(C)(C)C)cc1. The van der Waals surface area contributed by atoms with Crippen LogP contribution >= 0.6 is 12.2 Å². The van der Waals surface area contributed by atoms with E-state index in [1.165, 1.54) is 11.1 Å². The van der Waals surface area contributed by atoms with Crippen LogP contribution in [-0.2, 0) is 10.8 Å². The molecule has 1 aromatic heterocycles. The first-order valence-electron chi connectivity index (χ1n) is 9.89. The second-order valence-electron chi connectivity index (χ2n) is 9.27. The lowest BCUT2D eigenvalue weighted by Crippen LogP contribution is -2.51. The number of hydrogen-bond acceptors (Lipinski definition) is 2. The molecule has 0 aliphatic heterocycles. The molecule has 0 amide bonds. The number of likely N-dealkylation sites (N-methyl/N-ethyl adjacent to an activating group) is 1. The van der Waals surface area contributed by atoms with Gasteiger partial charge < -0.3 is 5.32 Å². The van der Waals surface area contributed by atoms with E-state index >= 15 is 0 Å². The zero-order valence-corrected chi connectivity index (χ0v) is 19.0. The smallest absolute Gasteiger partial charge is 0.270 e. The Hall–Kier alpha value is -2.07. The highest BCUT2D eigenvalue weighted by molar-refractivity contribution is 7.80. The Balaban J connectivity index is 2.40. The predicted octanol–water partition coefficient (Wildman–Crippen LogP) is 4.93. The average Bonchev–Trinajstić information content (AvgIpc) is 2.61. The van der Waals surface area contributed by atoms with Crippen LogP contribution in [0.1, 0.15) is 76.0 Å². The summed E-state index contributed by atoms with van der Waals surface area (Å²) in [6, 6.07) is 11.5. The van der Waals surface area contributed by atoms with Crippen molar-refractivity contribution in [2.45, 2.75) is 65.3 Å². The van der Waals surface area contributed by atoms with E-state index in [1.807, 2.05) is 48.1 Å². The quantitative estimate of drug-likeness (QED) is 0.441. The largest absolute Gasteiger partial charge is 0.374 e. The lowest BCUT2D eigenvalue weighted by atomic mass is 9.86. The summed E-state index contributed by atoms with van der Waals surface area (Å²) in [6.45, 7) is 15.7. The minimum atomic E-state index is -0.551. The van der Waals surface area contributed by atoms with Crippen LogP contribution in [0, 0.1) is 0 Å². The molecule has 1 N–H and O–H groups in total. The van der Waals surface area contributed by atoms with Gasteiger partial charge in [0.15, 0.2) is 17.4 Å². The maximum Gasteiger partial charge on any atom is 0.270 e. The summed E-state index contributed by atoms with van der Waals surface area (Å²) in [5.41, 5.74) is 3.21. The maximum atomic E-state index is 13.4. The molecule has 1 aromatic carbocycles. The first-order chi connectivity index (χ1) is 12.9. The Morgan fingerprint density at radius 2 is 1.39 bits per heavy atom. The number of rotatable bonds is 5. The Bertz CT molecular complexity index is 825. The van der Waals surface area contributed by atoms with Gasteiger partial charge >= 0.3 is 0 Å². The highest BCUT2D eigenvalue weighted by Gasteiger charge is 2.33. The zero-order valence-electron chi connectivity index (χ0n) is 18.2. The van der Waals surface area contributed by atoms with E-state index in [9.17, 15) is 4.79 Å². The molecule has 28 heavy (non-hydrogen) atoms. The van der Waals surface area contributed by atoms with Crippen molar-refractivity contribution in [2.24, 2.45) is 0 Å². The van der Waals surface area contributed by atoms with E-state index in [0.717, 1.165) is 0 Å². The summed E-state index contributed by atoms with van der Waals surface area (Å²) in [7, 11) is 0. The number of pyridine rings is 1. The number of ketones is 1. The van der Waals surface area contributed by atoms with Crippen molar-refractivity contribution in [3.05, 3.63) is 65.5 Å². The van der Waals surface area contributed by atoms with Crippen molar-refractivity contribution in [3.8, 4) is 0 Å². The Kier molecular flexibility index (Phi) is 6.76. The fraction of sp³-hybridized carbons (Fsp3) is 0.458. The molecule has 1 atom stereocenters. The van der Waals surface area contributed by atoms with Crippen LogP contribution in [0.15, 0.2) is 48.8 Å². The van der Waals surface area contributed by atoms with Crippen molar-refractivity contribution in [3.63, 3.8) is 0 Å². The lowest BCUT2D eigenvalue weighted by Gasteiger charge is -2.20. The molecular formula is C24H33N2OS+. The van der Waals surface area contributed by atoms with E-state index in [2.05, 4.69) is 59.0 Å². The summed E-state index contributed by atoms with van der Waals surface area (Å²) < 4.78 is 1.90. The number of carbonyl (C=O) groups is 1. The molecule has 0 aliphatic carbocycles. The Morgan fingerprint density at radius 3 is 1.82 bits per heavy atom. The molecule has 2 aromatic rings. The van der Waals surface area contributed by atoms with E-state index in [4.69, 9.17) is 12.2 Å². The molecule has 0 saturated carbocycles. The van der Waals surface area contributed by atoms with E-state index < -0.39 is 6.04 Å². The summed E-state index contributed by atoms with van der Waals surface area (Å²) in [4.78, 5) is 13.9. The minimum Gasteiger partial charge on any atom is -0.374 e. The van der Waals surface area contributed by atoms with Gasteiger partial charge in [0.1, 0.15) is 0 Å². The van der Waals surface area contributed by atoms with E-state index in [1.54, 1.807) is 0 Å². The Labute approximate surface area is 175 Å². The van der Waals surface area contributed by atoms with Gasteiger partial charge in [-0.25, -0.2) is 0 Å². The molecule has 2 rings (SSSR count). The standard InChI is InChI=1S/C24H32N2OS/c1-8-25-22(28)20(26-15-13-19(14-16-26)24(5,6)7)21(27)17-9-11-18(12-10-17)23(2,3)4/h9-16,20H,8H2,1-7H3/p+1. The number of nitrogens with zero attached hydrogens (tertiary/aromatic N) is 1. The molecule has 0 spiro atoms. The fourth-order valence-electron chi connectivity index (χ4n) is 3.06. The summed E-state index contributed by atoms with van der Waals surface area (Å²) in [6.07, 6.45) is 3.91. The van der Waals surface area contributed by atoms with Crippen LogP contribution in [-0.4, -0.2) is 17.3 Å². The lowest BCUT2D eigenvalue weighted by molar-refractivity contribution is -0.692. The molecule has 0 aliphatic rings. The van der Waals surface area contributed by atoms with Gasteiger partial charge in [-0.15, -0.1) is 0 Å². The molecule has 1 heterocycles. The monoisotopic (exact) mass is 397 g/mol. The molecule has 4 heteroatoms. The third-order valence-corrected chi connectivity index (χ3v) is 5.27. The van der Waals surface area contributed by atoms with Crippen LogP contribution < -0.4 is 9.88 Å². The molecule has 0 radical (unpaired) electrons. The van der Waals surface area contributed by atoms with Gasteiger partial charge in [0.05, 0.1) is 0 Å². The third-order valence-electron chi connectivity index (χ3n) is 4.90. The average molecular weight is 398 g/mol. The van der Waals surface area contributed by atoms with Gasteiger partial charge in [-0.2, -0.15) is 4.57 Å². The van der Waals surface area contributed by atoms with Crippen LogP contribution in [0.2, 0.25) is 0 Å². The first-order valence-corrected chi connectivity index (χ1v) is 10.3. The number of carbonyl (C=O) groups excluding carboxylic acids is 1. The molecule has 1 unspecified atom stereocenters. The van der Waals surface area contributed by atoms with Gasteiger partial charge in [-0.3, -0.25) is 4.79 Å². The molecule has 0 saturated heterocycles. The molecule has 0 bridgehead atoms. The second-order valence-corrected chi connectivity index (χ2v) is 9.71. The molecular weight excluding hydrogens is 364 g/mol. The number of thiocarbonyl (C=S) groups is 1. The minimum absolute atomic E-state index is 0.0000761. The zero-order chi connectivity index (χ0) is 21.1. The van der Waals surface area contributed by atoms with E-state index in [-0.39, 0.29) is 16.6 Å². The summed E-state index contributed by atoms with van der Waals surface area (Å²) in [5.74, 6) is -0.0000761. The van der Waals surface area contributed by atoms with Crippen LogP contribution in [0.25, 0.3) is 0 Å². The van der Waals surface area contributed by atoms with Gasteiger partial charge in [0.2, 0.25) is 5.78 Å². The predicted molar refractivity (Wildman–Crippen MR) is 120 cm³/mol. The topological polar surface area (TPSA) is 33.0 Å². The number of nitrogens with one attached hydrogen (secondary N) is 1. The van der Waals surface area contributed by atoms with Gasteiger partial charge in [-0.1, -0.05) is 78.0 Å². The van der Waals surface area contributed by atoms with Gasteiger partial charge in [0, 0.05) is 24.2 Å². The van der Waals surface area contributed by atoms with Crippen LogP contribution in [0.4, 0.5) is 0 Å². The van der Waals surface area contributed by atoms with Crippen LogP contribution in [0.3, 0.4) is 0 Å². The van der Waals surface area contributed by atoms with Crippen molar-refractivity contribution in [1.82, 2.24) is 5.32 Å². The number of aromatic nitrogens is 1. The van der Waals surface area contributed by atoms with Gasteiger partial charge in [-0.05, 0) is 28.9 Å². The van der Waals surface area contributed by atoms with Crippen molar-refractivity contribution in [2.75, 3.05) is 6.54 Å². The van der Waals surface area contributed by atoms with Crippen molar-refractivity contribution >= 4 is 23.0 Å². The first kappa shape index (κ1) is 22.2. The van der Waals surface area contributed by atoms with Crippen molar-refractivity contribution < 1.29 is 9.36 Å². The van der Waals surface area contributed by atoms with Crippen molar-refractivity contribution in [1.29, 1.82) is 0 Å². The molecule has 0 fully saturated rings. The van der Waals surface area contributed by atoms with E-state index in [0.29, 0.717) is 17.1 Å². The molecule has 150 valence electrons. The van der Waals surface area contributed by atoms with Gasteiger partial charge in [0.25, 0.3) is 6.04 Å². The molecule has 3 nitrogen and oxygen atoms in total. The van der Waals surface area contributed by atoms with Crippen LogP contribution in [0.5, 0.6) is 0 Å². The maximum absolute atomic E-state index is 13.4. The normalized spacial score (nSPS) is 13.1. The number of Topliss-reactive ketones (excluding diaryl/α,β-unsaturated/α-hetero) is 1. The summed E-state index contributed by atoms with van der Waals surface area (Å²) >= 11 is 5.57. The third kappa shape index (κ3) is 5.26. The summed E-state index contributed by atoms with van der Waals surface area (Å²) in [5, 5.41) is 3.17. The fourth-order valence-corrected chi connectivity index (χ4v) is 3.44. The number of benzene rings is 1. The highest BCUT2D eigenvalue weighted by atomic mass is 32.1.